The summed E-state index contributed by atoms with van der Waals surface area (Å²) in [4.78, 5) is 38.4. The number of benzene rings is 2. The molecule has 0 aromatic heterocycles. The van der Waals surface area contributed by atoms with Gasteiger partial charge in [0.25, 0.3) is 0 Å². The number of hydrogen-bond acceptors (Lipinski definition) is 6. The van der Waals surface area contributed by atoms with Crippen LogP contribution in [0, 0.1) is 5.92 Å². The molecule has 0 fully saturated rings. The maximum atomic E-state index is 13.0. The predicted molar refractivity (Wildman–Crippen MR) is 122 cm³/mol. The van der Waals surface area contributed by atoms with Crippen LogP contribution in [-0.4, -0.2) is 41.9 Å². The Balaban J connectivity index is 2.12. The summed E-state index contributed by atoms with van der Waals surface area (Å²) in [6.07, 6.45) is -0.111. The Hall–Kier alpha value is -2.74. The van der Waals surface area contributed by atoms with Gasteiger partial charge in [-0.15, -0.1) is 0 Å². The third kappa shape index (κ3) is 7.75. The normalized spacial score (nSPS) is 12.8. The Morgan fingerprint density at radius 1 is 1.06 bits per heavy atom. The first-order valence-corrected chi connectivity index (χ1v) is 10.8. The molecule has 2 amide bonds. The molecule has 0 aliphatic carbocycles. The monoisotopic (exact) mass is 460 g/mol. The number of amides is 2. The van der Waals surface area contributed by atoms with Crippen LogP contribution in [0.5, 0.6) is 0 Å². The summed E-state index contributed by atoms with van der Waals surface area (Å²) in [7, 11) is 0. The second-order valence-corrected chi connectivity index (χ2v) is 8.20. The first kappa shape index (κ1) is 25.5. The summed E-state index contributed by atoms with van der Waals surface area (Å²) in [5.74, 6) is -0.558. The van der Waals surface area contributed by atoms with Gasteiger partial charge in [0, 0.05) is 5.02 Å². The van der Waals surface area contributed by atoms with E-state index in [1.807, 2.05) is 26.0 Å². The topological polar surface area (TPSA) is 98.9 Å². The molecule has 2 aromatic rings. The summed E-state index contributed by atoms with van der Waals surface area (Å²) >= 11 is 6.12. The van der Waals surface area contributed by atoms with Crippen molar-refractivity contribution in [2.45, 2.75) is 45.6 Å². The van der Waals surface area contributed by atoms with Crippen molar-refractivity contribution in [2.24, 2.45) is 11.7 Å². The van der Waals surface area contributed by atoms with Gasteiger partial charge in [-0.3, -0.25) is 4.79 Å². The van der Waals surface area contributed by atoms with E-state index in [1.165, 1.54) is 0 Å². The first-order valence-electron chi connectivity index (χ1n) is 10.4. The number of carbonyl (C=O) groups is 3. The number of nitrogens with two attached hydrogens (primary N) is 1. The van der Waals surface area contributed by atoms with Crippen LogP contribution in [0.2, 0.25) is 5.02 Å². The number of ether oxygens (including phenoxy) is 2. The number of rotatable bonds is 11. The fourth-order valence-corrected chi connectivity index (χ4v) is 3.24. The van der Waals surface area contributed by atoms with Crippen molar-refractivity contribution >= 4 is 29.9 Å². The van der Waals surface area contributed by atoms with Gasteiger partial charge in [-0.05, 0) is 29.5 Å². The van der Waals surface area contributed by atoms with Crippen LogP contribution in [0.3, 0.4) is 0 Å². The van der Waals surface area contributed by atoms with Crippen molar-refractivity contribution in [3.05, 3.63) is 70.7 Å². The Morgan fingerprint density at radius 2 is 1.72 bits per heavy atom. The van der Waals surface area contributed by atoms with E-state index in [0.29, 0.717) is 17.7 Å². The second kappa shape index (κ2) is 13.0. The molecule has 1 unspecified atom stereocenters. The molecule has 7 nitrogen and oxygen atoms in total. The zero-order valence-corrected chi connectivity index (χ0v) is 19.0. The fourth-order valence-electron chi connectivity index (χ4n) is 3.04. The Labute approximate surface area is 193 Å². The average Bonchev–Trinajstić information content (AvgIpc) is 2.78. The standard InChI is InChI=1S/C24H29ClN2O5/c1-17(2)12-22(26)23(29)27(24(30)32-14-18-8-4-3-5-9-18)20(13-28)16-31-15-19-10-6-7-11-21(19)25/h3-11,13,17,20,22H,12,14-16,26H2,1-2H3/t20?,22-/m0/s1. The molecule has 2 aromatic carbocycles. The van der Waals surface area contributed by atoms with E-state index in [2.05, 4.69) is 0 Å². The van der Waals surface area contributed by atoms with E-state index in [1.54, 1.807) is 42.5 Å². The van der Waals surface area contributed by atoms with Crippen LogP contribution >= 0.6 is 11.6 Å². The molecule has 0 aliphatic rings. The lowest BCUT2D eigenvalue weighted by Gasteiger charge is -2.28. The molecule has 172 valence electrons. The van der Waals surface area contributed by atoms with Crippen molar-refractivity contribution in [3.8, 4) is 0 Å². The number of hydrogen-bond donors (Lipinski definition) is 1. The number of carbonyl (C=O) groups excluding carboxylic acids is 3. The van der Waals surface area contributed by atoms with Gasteiger partial charge >= 0.3 is 6.09 Å². The highest BCUT2D eigenvalue weighted by atomic mass is 35.5. The zero-order chi connectivity index (χ0) is 23.5. The number of nitrogens with zero attached hydrogens (tertiary/aromatic N) is 1. The van der Waals surface area contributed by atoms with Gasteiger partial charge < -0.3 is 20.0 Å². The van der Waals surface area contributed by atoms with Crippen molar-refractivity contribution in [1.82, 2.24) is 4.90 Å². The molecule has 0 spiro atoms. The molecule has 8 heteroatoms. The van der Waals surface area contributed by atoms with Gasteiger partial charge in [0.15, 0.2) is 0 Å². The summed E-state index contributed by atoms with van der Waals surface area (Å²) in [5, 5.41) is 0.518. The molecule has 0 bridgehead atoms. The van der Waals surface area contributed by atoms with E-state index in [-0.39, 0.29) is 25.7 Å². The van der Waals surface area contributed by atoms with E-state index in [4.69, 9.17) is 26.8 Å². The SMILES string of the molecule is CC(C)C[C@H](N)C(=O)N(C(=O)OCc1ccccc1)C(C=O)COCc1ccccc1Cl. The van der Waals surface area contributed by atoms with Crippen molar-refractivity contribution in [3.63, 3.8) is 0 Å². The largest absolute Gasteiger partial charge is 0.444 e. The van der Waals surface area contributed by atoms with Gasteiger partial charge in [0.05, 0.1) is 19.3 Å². The highest BCUT2D eigenvalue weighted by molar-refractivity contribution is 6.31. The zero-order valence-electron chi connectivity index (χ0n) is 18.3. The van der Waals surface area contributed by atoms with Crippen LogP contribution in [0.1, 0.15) is 31.4 Å². The molecule has 0 saturated heterocycles. The molecular weight excluding hydrogens is 432 g/mol. The number of halogens is 1. The third-order valence-electron chi connectivity index (χ3n) is 4.67. The summed E-state index contributed by atoms with van der Waals surface area (Å²) in [5.41, 5.74) is 7.49. The van der Waals surface area contributed by atoms with Crippen LogP contribution in [0.25, 0.3) is 0 Å². The lowest BCUT2D eigenvalue weighted by Crippen LogP contribution is -2.54. The van der Waals surface area contributed by atoms with Crippen molar-refractivity contribution < 1.29 is 23.9 Å². The van der Waals surface area contributed by atoms with Gasteiger partial charge in [-0.25, -0.2) is 9.69 Å². The molecule has 2 N–H and O–H groups in total. The predicted octanol–water partition coefficient (Wildman–Crippen LogP) is 3.96. The molecule has 0 saturated carbocycles. The highest BCUT2D eigenvalue weighted by Crippen LogP contribution is 2.17. The van der Waals surface area contributed by atoms with E-state index in [9.17, 15) is 14.4 Å². The molecule has 2 atom stereocenters. The summed E-state index contributed by atoms with van der Waals surface area (Å²) in [6, 6.07) is 14.0. The fraction of sp³-hybridized carbons (Fsp3) is 0.375. The minimum Gasteiger partial charge on any atom is -0.444 e. The Kier molecular flexibility index (Phi) is 10.3. The molecular formula is C24H29ClN2O5. The van der Waals surface area contributed by atoms with Crippen LogP contribution in [0.4, 0.5) is 4.79 Å². The van der Waals surface area contributed by atoms with Crippen molar-refractivity contribution in [1.29, 1.82) is 0 Å². The number of imide groups is 1. The Morgan fingerprint density at radius 3 is 2.34 bits per heavy atom. The lowest BCUT2D eigenvalue weighted by atomic mass is 10.0. The molecule has 0 heterocycles. The molecule has 0 radical (unpaired) electrons. The van der Waals surface area contributed by atoms with Crippen LogP contribution < -0.4 is 5.73 Å². The van der Waals surface area contributed by atoms with Gasteiger partial charge in [0.1, 0.15) is 18.9 Å². The highest BCUT2D eigenvalue weighted by Gasteiger charge is 2.34. The Bertz CT molecular complexity index is 891. The van der Waals surface area contributed by atoms with Gasteiger partial charge in [-0.1, -0.05) is 74.0 Å². The minimum absolute atomic E-state index is 0.0467. The summed E-state index contributed by atoms with van der Waals surface area (Å²) < 4.78 is 10.9. The number of aldehydes is 1. The second-order valence-electron chi connectivity index (χ2n) is 7.79. The van der Waals surface area contributed by atoms with Gasteiger partial charge in [-0.2, -0.15) is 0 Å². The van der Waals surface area contributed by atoms with E-state index >= 15 is 0 Å². The maximum absolute atomic E-state index is 13.0. The van der Waals surface area contributed by atoms with Crippen LogP contribution in [0.15, 0.2) is 54.6 Å². The third-order valence-corrected chi connectivity index (χ3v) is 5.04. The quantitative estimate of drug-likeness (QED) is 0.509. The van der Waals surface area contributed by atoms with Gasteiger partial charge in [0.2, 0.25) is 5.91 Å². The molecule has 32 heavy (non-hydrogen) atoms. The first-order chi connectivity index (χ1) is 15.3. The van der Waals surface area contributed by atoms with E-state index in [0.717, 1.165) is 16.0 Å². The average molecular weight is 461 g/mol. The van der Waals surface area contributed by atoms with E-state index < -0.39 is 24.1 Å². The van der Waals surface area contributed by atoms with Crippen molar-refractivity contribution in [2.75, 3.05) is 6.61 Å². The van der Waals surface area contributed by atoms with Crippen LogP contribution in [-0.2, 0) is 32.3 Å². The smallest absolute Gasteiger partial charge is 0.417 e. The summed E-state index contributed by atoms with van der Waals surface area (Å²) in [6.45, 7) is 3.68. The molecule has 0 aliphatic heterocycles. The minimum atomic E-state index is -1.19. The lowest BCUT2D eigenvalue weighted by molar-refractivity contribution is -0.137. The maximum Gasteiger partial charge on any atom is 0.417 e. The molecule has 2 rings (SSSR count).